The molecule has 0 amide bonds. The van der Waals surface area contributed by atoms with Gasteiger partial charge >= 0.3 is 0 Å². The van der Waals surface area contributed by atoms with Crippen LogP contribution in [0.15, 0.2) is 0 Å². The van der Waals surface area contributed by atoms with E-state index < -0.39 is 0 Å². The molecule has 0 atom stereocenters. The second-order valence-electron chi connectivity index (χ2n) is 3.28. The van der Waals surface area contributed by atoms with Gasteiger partial charge in [0.25, 0.3) is 0 Å². The zero-order chi connectivity index (χ0) is 8.69. The minimum atomic E-state index is -0.0906. The molecule has 0 unspecified atom stereocenters. The predicted octanol–water partition coefficient (Wildman–Crippen LogP) is 3.37. The maximum atomic E-state index is 12.0. The SMILES string of the molecule is CC1CCC(CF)CC1.CF. The van der Waals surface area contributed by atoms with Gasteiger partial charge in [-0.2, -0.15) is 0 Å². The third-order valence-electron chi connectivity index (χ3n) is 2.35. The first kappa shape index (κ1) is 10.9. The normalized spacial score (nSPS) is 30.5. The molecule has 1 saturated carbocycles. The lowest BCUT2D eigenvalue weighted by Crippen LogP contribution is -2.13. The van der Waals surface area contributed by atoms with Crippen LogP contribution in [-0.4, -0.2) is 13.9 Å². The molecule has 0 radical (unpaired) electrons. The molecule has 1 aliphatic carbocycles. The van der Waals surface area contributed by atoms with E-state index in [2.05, 4.69) is 6.92 Å². The number of rotatable bonds is 1. The first-order valence-electron chi connectivity index (χ1n) is 4.26. The highest BCUT2D eigenvalue weighted by molar-refractivity contribution is 4.68. The van der Waals surface area contributed by atoms with E-state index in [0.29, 0.717) is 13.1 Å². The summed E-state index contributed by atoms with van der Waals surface area (Å²) in [6, 6.07) is 0. The van der Waals surface area contributed by atoms with Gasteiger partial charge in [-0.05, 0) is 24.7 Å². The summed E-state index contributed by atoms with van der Waals surface area (Å²) in [5.74, 6) is 1.26. The molecule has 0 heterocycles. The van der Waals surface area contributed by atoms with Crippen molar-refractivity contribution in [2.45, 2.75) is 32.6 Å². The number of hydrogen-bond acceptors (Lipinski definition) is 0. The zero-order valence-electron chi connectivity index (χ0n) is 7.45. The van der Waals surface area contributed by atoms with Crippen LogP contribution < -0.4 is 0 Å². The van der Waals surface area contributed by atoms with Gasteiger partial charge in [0.1, 0.15) is 0 Å². The van der Waals surface area contributed by atoms with Crippen molar-refractivity contribution < 1.29 is 8.78 Å². The Labute approximate surface area is 68.0 Å². The fourth-order valence-electron chi connectivity index (χ4n) is 1.48. The summed E-state index contributed by atoms with van der Waals surface area (Å²) in [4.78, 5) is 0. The monoisotopic (exact) mass is 164 g/mol. The van der Waals surface area contributed by atoms with Crippen LogP contribution in [0.5, 0.6) is 0 Å². The molecule has 0 saturated heterocycles. The number of alkyl halides is 2. The standard InChI is InChI=1S/C8H15F.CH3F/c1-7-2-4-8(6-9)5-3-7;1-2/h7-8H,2-6H2,1H3;1H3. The molecule has 0 aliphatic heterocycles. The van der Waals surface area contributed by atoms with Crippen LogP contribution in [0.3, 0.4) is 0 Å². The molecule has 0 spiro atoms. The minimum absolute atomic E-state index is 0.0906. The van der Waals surface area contributed by atoms with E-state index in [1.165, 1.54) is 12.8 Å². The number of halogens is 2. The summed E-state index contributed by atoms with van der Waals surface area (Å²) >= 11 is 0. The van der Waals surface area contributed by atoms with Crippen LogP contribution in [0.4, 0.5) is 8.78 Å². The molecule has 0 aromatic carbocycles. The quantitative estimate of drug-likeness (QED) is 0.557. The molecule has 1 rings (SSSR count). The molecule has 0 bridgehead atoms. The van der Waals surface area contributed by atoms with Crippen molar-refractivity contribution in [3.05, 3.63) is 0 Å². The van der Waals surface area contributed by atoms with E-state index in [9.17, 15) is 8.78 Å². The van der Waals surface area contributed by atoms with Crippen molar-refractivity contribution in [2.75, 3.05) is 13.9 Å². The van der Waals surface area contributed by atoms with Crippen molar-refractivity contribution in [3.8, 4) is 0 Å². The largest absolute Gasteiger partial charge is 0.255 e. The van der Waals surface area contributed by atoms with Gasteiger partial charge in [0, 0.05) is 0 Å². The fraction of sp³-hybridized carbons (Fsp3) is 1.00. The Bertz CT molecular complexity index is 75.6. The molecule has 0 nitrogen and oxygen atoms in total. The molecular weight excluding hydrogens is 146 g/mol. The summed E-state index contributed by atoms with van der Waals surface area (Å²) in [5.41, 5.74) is 0. The molecule has 0 N–H and O–H groups in total. The van der Waals surface area contributed by atoms with Gasteiger partial charge in [0.2, 0.25) is 0 Å². The van der Waals surface area contributed by atoms with Crippen LogP contribution in [0.25, 0.3) is 0 Å². The van der Waals surface area contributed by atoms with Gasteiger partial charge in [-0.25, -0.2) is 0 Å². The molecule has 68 valence electrons. The highest BCUT2D eigenvalue weighted by Gasteiger charge is 2.17. The topological polar surface area (TPSA) is 0 Å². The van der Waals surface area contributed by atoms with E-state index >= 15 is 0 Å². The summed E-state index contributed by atoms with van der Waals surface area (Å²) in [7, 11) is 0.500. The summed E-state index contributed by atoms with van der Waals surface area (Å²) in [5, 5.41) is 0. The first-order valence-corrected chi connectivity index (χ1v) is 4.26. The van der Waals surface area contributed by atoms with E-state index in [1.807, 2.05) is 0 Å². The van der Waals surface area contributed by atoms with Crippen molar-refractivity contribution >= 4 is 0 Å². The minimum Gasteiger partial charge on any atom is -0.255 e. The Morgan fingerprint density at radius 1 is 1.09 bits per heavy atom. The van der Waals surface area contributed by atoms with Gasteiger partial charge in [-0.1, -0.05) is 19.8 Å². The third-order valence-corrected chi connectivity index (χ3v) is 2.35. The number of hydrogen-bond donors (Lipinski definition) is 0. The second kappa shape index (κ2) is 6.56. The lowest BCUT2D eigenvalue weighted by Gasteiger charge is -2.23. The molecule has 2 heteroatoms. The lowest BCUT2D eigenvalue weighted by molar-refractivity contribution is 0.241. The predicted molar refractivity (Wildman–Crippen MR) is 44.1 cm³/mol. The van der Waals surface area contributed by atoms with Crippen LogP contribution in [0, 0.1) is 11.8 Å². The van der Waals surface area contributed by atoms with E-state index in [-0.39, 0.29) is 6.67 Å². The summed E-state index contributed by atoms with van der Waals surface area (Å²) < 4.78 is 21.5. The van der Waals surface area contributed by atoms with Crippen molar-refractivity contribution in [3.63, 3.8) is 0 Å². The Morgan fingerprint density at radius 3 is 1.91 bits per heavy atom. The Kier molecular flexibility index (Phi) is 6.48. The fourth-order valence-corrected chi connectivity index (χ4v) is 1.48. The maximum Gasteiger partial charge on any atom is 0.0922 e. The Balaban J connectivity index is 0.000000461. The molecule has 0 aromatic rings. The van der Waals surface area contributed by atoms with Crippen molar-refractivity contribution in [1.82, 2.24) is 0 Å². The van der Waals surface area contributed by atoms with Crippen LogP contribution in [0.2, 0.25) is 0 Å². The second-order valence-corrected chi connectivity index (χ2v) is 3.28. The first-order chi connectivity index (χ1) is 5.33. The summed E-state index contributed by atoms with van der Waals surface area (Å²) in [6.07, 6.45) is 4.73. The van der Waals surface area contributed by atoms with Crippen molar-refractivity contribution in [2.24, 2.45) is 11.8 Å². The lowest BCUT2D eigenvalue weighted by atomic mass is 9.84. The van der Waals surface area contributed by atoms with E-state index in [4.69, 9.17) is 0 Å². The average molecular weight is 164 g/mol. The van der Waals surface area contributed by atoms with Crippen LogP contribution >= 0.6 is 0 Å². The highest BCUT2D eigenvalue weighted by atomic mass is 19.1. The molecule has 1 aliphatic rings. The van der Waals surface area contributed by atoms with Gasteiger partial charge in [0.05, 0.1) is 13.9 Å². The van der Waals surface area contributed by atoms with E-state index in [0.717, 1.165) is 18.8 Å². The van der Waals surface area contributed by atoms with Crippen molar-refractivity contribution in [1.29, 1.82) is 0 Å². The Morgan fingerprint density at radius 2 is 1.55 bits per heavy atom. The third kappa shape index (κ3) is 4.33. The zero-order valence-corrected chi connectivity index (χ0v) is 7.45. The van der Waals surface area contributed by atoms with Gasteiger partial charge in [0.15, 0.2) is 0 Å². The molecule has 11 heavy (non-hydrogen) atoms. The van der Waals surface area contributed by atoms with Gasteiger partial charge in [-0.3, -0.25) is 8.78 Å². The van der Waals surface area contributed by atoms with E-state index in [1.54, 1.807) is 0 Å². The maximum absolute atomic E-state index is 12.0. The average Bonchev–Trinajstić information content (AvgIpc) is 2.10. The van der Waals surface area contributed by atoms with Gasteiger partial charge < -0.3 is 0 Å². The van der Waals surface area contributed by atoms with Gasteiger partial charge in [-0.15, -0.1) is 0 Å². The molecular formula is C9H18F2. The molecule has 0 aromatic heterocycles. The summed E-state index contributed by atoms with van der Waals surface area (Å²) in [6.45, 7) is 2.17. The highest BCUT2D eigenvalue weighted by Crippen LogP contribution is 2.28. The van der Waals surface area contributed by atoms with Crippen LogP contribution in [0.1, 0.15) is 32.6 Å². The Hall–Kier alpha value is -0.140. The molecule has 1 fully saturated rings. The smallest absolute Gasteiger partial charge is 0.0922 e. The van der Waals surface area contributed by atoms with Crippen LogP contribution in [-0.2, 0) is 0 Å².